The van der Waals surface area contributed by atoms with Crippen LogP contribution in [0.15, 0.2) is 30.3 Å². The predicted molar refractivity (Wildman–Crippen MR) is 105 cm³/mol. The standard InChI is InChI=1S/C21H33N3O2/c1-3-4-5-7-10-17(2)22-21(26)24-15-13-19(14-16-24)23-20(25)18-11-8-6-9-12-18/h6,8-9,11-12,17,19H,3-5,7,10,13-16H2,1-2H3,(H,22,26)(H,23,25). The van der Waals surface area contributed by atoms with Crippen LogP contribution in [0.5, 0.6) is 0 Å². The summed E-state index contributed by atoms with van der Waals surface area (Å²) in [6.45, 7) is 5.66. The number of hydrogen-bond acceptors (Lipinski definition) is 2. The van der Waals surface area contributed by atoms with Crippen LogP contribution in [0.25, 0.3) is 0 Å². The highest BCUT2D eigenvalue weighted by Gasteiger charge is 2.24. The Morgan fingerprint density at radius 1 is 1.12 bits per heavy atom. The first-order valence-corrected chi connectivity index (χ1v) is 10.0. The number of benzene rings is 1. The lowest BCUT2D eigenvalue weighted by Gasteiger charge is -2.33. The van der Waals surface area contributed by atoms with Crippen LogP contribution in [0.2, 0.25) is 0 Å². The molecule has 0 aromatic heterocycles. The number of piperidine rings is 1. The van der Waals surface area contributed by atoms with Crippen LogP contribution in [0.3, 0.4) is 0 Å². The molecule has 2 rings (SSSR count). The molecule has 1 fully saturated rings. The second-order valence-electron chi connectivity index (χ2n) is 7.30. The van der Waals surface area contributed by atoms with Gasteiger partial charge in [-0.05, 0) is 38.3 Å². The fourth-order valence-electron chi connectivity index (χ4n) is 3.34. The zero-order valence-corrected chi connectivity index (χ0v) is 16.2. The molecule has 144 valence electrons. The third-order valence-corrected chi connectivity index (χ3v) is 5.01. The molecule has 3 amide bonds. The van der Waals surface area contributed by atoms with Gasteiger partial charge in [-0.15, -0.1) is 0 Å². The average molecular weight is 360 g/mol. The van der Waals surface area contributed by atoms with E-state index in [9.17, 15) is 9.59 Å². The predicted octanol–water partition coefficient (Wildman–Crippen LogP) is 3.95. The average Bonchev–Trinajstić information content (AvgIpc) is 2.66. The molecule has 1 heterocycles. The zero-order chi connectivity index (χ0) is 18.8. The SMILES string of the molecule is CCCCCCC(C)NC(=O)N1CCC(NC(=O)c2ccccc2)CC1. The molecule has 2 N–H and O–H groups in total. The molecule has 1 saturated heterocycles. The number of nitrogens with zero attached hydrogens (tertiary/aromatic N) is 1. The fraction of sp³-hybridized carbons (Fsp3) is 0.619. The quantitative estimate of drug-likeness (QED) is 0.691. The lowest BCUT2D eigenvalue weighted by molar-refractivity contribution is 0.0917. The number of rotatable bonds is 8. The normalized spacial score (nSPS) is 16.2. The van der Waals surface area contributed by atoms with Gasteiger partial charge in [0.25, 0.3) is 5.91 Å². The molecule has 1 unspecified atom stereocenters. The summed E-state index contributed by atoms with van der Waals surface area (Å²) in [6.07, 6.45) is 7.55. The van der Waals surface area contributed by atoms with Crippen molar-refractivity contribution in [2.75, 3.05) is 13.1 Å². The van der Waals surface area contributed by atoms with E-state index in [1.807, 2.05) is 35.2 Å². The van der Waals surface area contributed by atoms with Gasteiger partial charge in [-0.25, -0.2) is 4.79 Å². The van der Waals surface area contributed by atoms with Crippen LogP contribution >= 0.6 is 0 Å². The van der Waals surface area contributed by atoms with Crippen LogP contribution in [0.1, 0.15) is 69.2 Å². The number of amides is 3. The van der Waals surface area contributed by atoms with E-state index in [0.717, 1.165) is 19.3 Å². The Morgan fingerprint density at radius 3 is 2.46 bits per heavy atom. The molecule has 1 atom stereocenters. The summed E-state index contributed by atoms with van der Waals surface area (Å²) in [5.74, 6) is -0.0331. The number of nitrogens with one attached hydrogen (secondary N) is 2. The van der Waals surface area contributed by atoms with Crippen molar-refractivity contribution in [3.05, 3.63) is 35.9 Å². The summed E-state index contributed by atoms with van der Waals surface area (Å²) in [5.41, 5.74) is 0.685. The van der Waals surface area contributed by atoms with Crippen molar-refractivity contribution in [3.8, 4) is 0 Å². The monoisotopic (exact) mass is 359 g/mol. The summed E-state index contributed by atoms with van der Waals surface area (Å²) in [4.78, 5) is 26.5. The van der Waals surface area contributed by atoms with Crippen LogP contribution in [0.4, 0.5) is 4.79 Å². The Labute approximate surface area is 157 Å². The van der Waals surface area contributed by atoms with Crippen molar-refractivity contribution in [2.45, 2.75) is 70.9 Å². The molecule has 0 radical (unpaired) electrons. The van der Waals surface area contributed by atoms with E-state index in [-0.39, 0.29) is 24.0 Å². The zero-order valence-electron chi connectivity index (χ0n) is 16.2. The lowest BCUT2D eigenvalue weighted by Crippen LogP contribution is -2.50. The van der Waals surface area contributed by atoms with E-state index in [2.05, 4.69) is 24.5 Å². The van der Waals surface area contributed by atoms with E-state index < -0.39 is 0 Å². The molecular weight excluding hydrogens is 326 g/mol. The number of hydrogen-bond donors (Lipinski definition) is 2. The second-order valence-corrected chi connectivity index (χ2v) is 7.30. The molecule has 5 nitrogen and oxygen atoms in total. The molecule has 1 aromatic carbocycles. The van der Waals surface area contributed by atoms with Crippen LogP contribution < -0.4 is 10.6 Å². The fourth-order valence-corrected chi connectivity index (χ4v) is 3.34. The van der Waals surface area contributed by atoms with Gasteiger partial charge in [0.2, 0.25) is 0 Å². The lowest BCUT2D eigenvalue weighted by atomic mass is 10.0. The molecule has 1 aliphatic rings. The molecule has 26 heavy (non-hydrogen) atoms. The van der Waals surface area contributed by atoms with Gasteiger partial charge in [0, 0.05) is 30.7 Å². The van der Waals surface area contributed by atoms with Crippen LogP contribution in [-0.2, 0) is 0 Å². The maximum absolute atomic E-state index is 12.4. The maximum Gasteiger partial charge on any atom is 0.317 e. The number of unbranched alkanes of at least 4 members (excludes halogenated alkanes) is 3. The van der Waals surface area contributed by atoms with Crippen molar-refractivity contribution in [1.29, 1.82) is 0 Å². The summed E-state index contributed by atoms with van der Waals surface area (Å²) < 4.78 is 0. The highest BCUT2D eigenvalue weighted by molar-refractivity contribution is 5.94. The Balaban J connectivity index is 1.67. The molecule has 0 aliphatic carbocycles. The minimum Gasteiger partial charge on any atom is -0.349 e. The number of carbonyl (C=O) groups excluding carboxylic acids is 2. The van der Waals surface area contributed by atoms with Crippen LogP contribution in [0, 0.1) is 0 Å². The number of likely N-dealkylation sites (tertiary alicyclic amines) is 1. The molecule has 1 aliphatic heterocycles. The van der Waals surface area contributed by atoms with E-state index in [0.29, 0.717) is 18.7 Å². The third-order valence-electron chi connectivity index (χ3n) is 5.01. The van der Waals surface area contributed by atoms with Crippen molar-refractivity contribution in [2.24, 2.45) is 0 Å². The minimum atomic E-state index is -0.0331. The first-order chi connectivity index (χ1) is 12.6. The summed E-state index contributed by atoms with van der Waals surface area (Å²) in [5, 5.41) is 6.19. The Bertz CT molecular complexity index is 554. The third kappa shape index (κ3) is 6.70. The van der Waals surface area contributed by atoms with Gasteiger partial charge in [-0.3, -0.25) is 4.79 Å². The molecule has 5 heteroatoms. The second kappa shape index (κ2) is 10.8. The summed E-state index contributed by atoms with van der Waals surface area (Å²) in [6, 6.07) is 9.66. The van der Waals surface area contributed by atoms with Crippen molar-refractivity contribution < 1.29 is 9.59 Å². The van der Waals surface area contributed by atoms with Gasteiger partial charge >= 0.3 is 6.03 Å². The van der Waals surface area contributed by atoms with Gasteiger partial charge in [0.15, 0.2) is 0 Å². The Morgan fingerprint density at radius 2 is 1.81 bits per heavy atom. The van der Waals surface area contributed by atoms with E-state index in [1.165, 1.54) is 25.7 Å². The van der Waals surface area contributed by atoms with E-state index >= 15 is 0 Å². The van der Waals surface area contributed by atoms with Crippen molar-refractivity contribution in [1.82, 2.24) is 15.5 Å². The van der Waals surface area contributed by atoms with Crippen molar-refractivity contribution >= 4 is 11.9 Å². The number of urea groups is 1. The molecule has 0 spiro atoms. The van der Waals surface area contributed by atoms with Gasteiger partial charge in [0.05, 0.1) is 0 Å². The summed E-state index contributed by atoms with van der Waals surface area (Å²) in [7, 11) is 0. The Kier molecular flexibility index (Phi) is 8.45. The molecule has 1 aromatic rings. The summed E-state index contributed by atoms with van der Waals surface area (Å²) >= 11 is 0. The van der Waals surface area contributed by atoms with Gasteiger partial charge in [-0.2, -0.15) is 0 Å². The van der Waals surface area contributed by atoms with E-state index in [4.69, 9.17) is 0 Å². The van der Waals surface area contributed by atoms with E-state index in [1.54, 1.807) is 0 Å². The molecule has 0 saturated carbocycles. The minimum absolute atomic E-state index is 0.0285. The van der Waals surface area contributed by atoms with Gasteiger partial charge < -0.3 is 15.5 Å². The van der Waals surface area contributed by atoms with Crippen molar-refractivity contribution in [3.63, 3.8) is 0 Å². The maximum atomic E-state index is 12.4. The molecular formula is C21H33N3O2. The molecule has 0 bridgehead atoms. The first-order valence-electron chi connectivity index (χ1n) is 10.0. The van der Waals surface area contributed by atoms with Gasteiger partial charge in [-0.1, -0.05) is 50.8 Å². The largest absolute Gasteiger partial charge is 0.349 e. The highest BCUT2D eigenvalue weighted by Crippen LogP contribution is 2.12. The van der Waals surface area contributed by atoms with Gasteiger partial charge in [0.1, 0.15) is 0 Å². The highest BCUT2D eigenvalue weighted by atomic mass is 16.2. The first kappa shape index (κ1) is 20.3. The Hall–Kier alpha value is -2.04. The number of carbonyl (C=O) groups is 2. The van der Waals surface area contributed by atoms with Crippen LogP contribution in [-0.4, -0.2) is 42.0 Å². The smallest absolute Gasteiger partial charge is 0.317 e. The topological polar surface area (TPSA) is 61.4 Å².